The minimum absolute atomic E-state index is 0.00875. The number of hydrazine groups is 1. The maximum atomic E-state index is 13.3. The Labute approximate surface area is 317 Å². The first kappa shape index (κ1) is 44.4. The summed E-state index contributed by atoms with van der Waals surface area (Å²) in [4.78, 5) is 36.9. The van der Waals surface area contributed by atoms with Crippen LogP contribution in [0.4, 0.5) is 0 Å². The molecule has 0 radical (unpaired) electrons. The van der Waals surface area contributed by atoms with Gasteiger partial charge in [0.15, 0.2) is 0 Å². The summed E-state index contributed by atoms with van der Waals surface area (Å²) < 4.78 is 6.00. The first-order valence-corrected chi connectivity index (χ1v) is 21.3. The van der Waals surface area contributed by atoms with Crippen molar-refractivity contribution in [2.45, 2.75) is 176 Å². The highest BCUT2D eigenvalue weighted by atomic mass is 16.5. The maximum absolute atomic E-state index is 13.3. The number of primary amides is 1. The lowest BCUT2D eigenvalue weighted by Gasteiger charge is -2.58. The number of ether oxygens (including phenoxy) is 1. The maximum Gasteiger partial charge on any atom is 0.237 e. The third-order valence-corrected chi connectivity index (χ3v) is 13.9. The Kier molecular flexibility index (Phi) is 17.6. The van der Waals surface area contributed by atoms with Crippen molar-refractivity contribution in [1.29, 1.82) is 0 Å². The topological polar surface area (TPSA) is 135 Å². The van der Waals surface area contributed by atoms with Gasteiger partial charge in [0.05, 0.1) is 11.6 Å². The number of rotatable bonds is 20. The second-order valence-corrected chi connectivity index (χ2v) is 18.0. The largest absolute Gasteiger partial charge is 0.368 e. The molecule has 8 unspecified atom stereocenters. The van der Waals surface area contributed by atoms with Crippen molar-refractivity contribution in [1.82, 2.24) is 21.5 Å². The number of likely N-dealkylation sites (N-methyl/N-ethyl adjacent to an activating group) is 1. The van der Waals surface area contributed by atoms with Crippen LogP contribution < -0.4 is 27.2 Å². The zero-order chi connectivity index (χ0) is 38.5. The second-order valence-electron chi connectivity index (χ2n) is 18.0. The van der Waals surface area contributed by atoms with Crippen molar-refractivity contribution >= 4 is 17.7 Å². The van der Waals surface area contributed by atoms with Gasteiger partial charge in [0.2, 0.25) is 17.7 Å². The Morgan fingerprint density at radius 3 is 2.40 bits per heavy atom. The van der Waals surface area contributed by atoms with Crippen LogP contribution in [-0.4, -0.2) is 49.7 Å². The quantitative estimate of drug-likeness (QED) is 0.0374. The number of allylic oxidation sites excluding steroid dienone is 2. The summed E-state index contributed by atoms with van der Waals surface area (Å²) in [5.41, 5.74) is 13.1. The Hall–Kier alpha value is -1.97. The molecule has 8 atom stereocenters. The normalized spacial score (nSPS) is 30.2. The van der Waals surface area contributed by atoms with Gasteiger partial charge in [-0.1, -0.05) is 72.5 Å². The van der Waals surface area contributed by atoms with Crippen LogP contribution in [0.3, 0.4) is 0 Å². The molecule has 0 aromatic heterocycles. The number of amides is 3. The lowest BCUT2D eigenvalue weighted by Crippen LogP contribution is -2.51. The molecule has 3 amide bonds. The van der Waals surface area contributed by atoms with E-state index in [-0.39, 0.29) is 41.8 Å². The van der Waals surface area contributed by atoms with Crippen LogP contribution in [0.1, 0.15) is 165 Å². The summed E-state index contributed by atoms with van der Waals surface area (Å²) in [7, 11) is 1.72. The molecule has 3 saturated carbocycles. The first-order chi connectivity index (χ1) is 24.7. The molecule has 9 nitrogen and oxygen atoms in total. The highest BCUT2D eigenvalue weighted by Gasteiger charge is 2.58. The van der Waals surface area contributed by atoms with Gasteiger partial charge >= 0.3 is 0 Å². The van der Waals surface area contributed by atoms with Gasteiger partial charge in [-0.2, -0.15) is 0 Å². The minimum Gasteiger partial charge on any atom is -0.368 e. The number of fused-ring (bicyclic) bond motifs is 5. The molecule has 9 heteroatoms. The number of carbonyl (C=O) groups is 3. The lowest BCUT2D eigenvalue weighted by atomic mass is 9.47. The van der Waals surface area contributed by atoms with Crippen molar-refractivity contribution in [2.75, 3.05) is 20.3 Å². The van der Waals surface area contributed by atoms with Gasteiger partial charge in [-0.3, -0.25) is 19.8 Å². The molecule has 0 saturated heterocycles. The fourth-order valence-electron chi connectivity index (χ4n) is 10.6. The van der Waals surface area contributed by atoms with Gasteiger partial charge < -0.3 is 21.1 Å². The van der Waals surface area contributed by atoms with Crippen LogP contribution in [0.15, 0.2) is 11.6 Å². The van der Waals surface area contributed by atoms with Crippen molar-refractivity contribution < 1.29 is 19.1 Å². The molecule has 0 aliphatic heterocycles. The summed E-state index contributed by atoms with van der Waals surface area (Å²) in [5.74, 6) is 3.86. The smallest absolute Gasteiger partial charge is 0.237 e. The SMILES string of the molecule is CC.CNC(CCCCNC(=O)CCC(C)(C)OCNNC(=O)C1CCC2(C)C(=CCC3C2CCC2(C)C(CCCCC(C)C)CCC32)C1)C(N)=O. The average molecular weight is 730 g/mol. The Morgan fingerprint density at radius 2 is 1.71 bits per heavy atom. The van der Waals surface area contributed by atoms with Gasteiger partial charge in [0, 0.05) is 18.9 Å². The van der Waals surface area contributed by atoms with E-state index in [4.69, 9.17) is 10.5 Å². The molecule has 0 bridgehead atoms. The Balaban J connectivity index is 0.00000358. The van der Waals surface area contributed by atoms with Crippen molar-refractivity contribution in [3.05, 3.63) is 11.6 Å². The van der Waals surface area contributed by atoms with E-state index in [1.165, 1.54) is 57.8 Å². The fourth-order valence-corrected chi connectivity index (χ4v) is 10.6. The molecule has 52 heavy (non-hydrogen) atoms. The molecule has 4 aliphatic rings. The van der Waals surface area contributed by atoms with Crippen LogP contribution in [0.5, 0.6) is 0 Å². The molecular weight excluding hydrogens is 651 g/mol. The van der Waals surface area contributed by atoms with E-state index in [2.05, 4.69) is 55.3 Å². The number of hydrogen-bond acceptors (Lipinski definition) is 6. The van der Waals surface area contributed by atoms with E-state index in [1.54, 1.807) is 12.6 Å². The zero-order valence-electron chi connectivity index (χ0n) is 34.8. The molecule has 300 valence electrons. The molecule has 6 N–H and O–H groups in total. The average Bonchev–Trinajstić information content (AvgIpc) is 3.45. The second kappa shape index (κ2) is 20.6. The van der Waals surface area contributed by atoms with Crippen molar-refractivity contribution in [2.24, 2.45) is 52.1 Å². The van der Waals surface area contributed by atoms with Crippen LogP contribution in [-0.2, 0) is 19.1 Å². The third-order valence-electron chi connectivity index (χ3n) is 13.9. The van der Waals surface area contributed by atoms with E-state index in [0.29, 0.717) is 31.2 Å². The molecule has 3 fully saturated rings. The van der Waals surface area contributed by atoms with Gasteiger partial charge in [0.25, 0.3) is 0 Å². The number of carbonyl (C=O) groups excluding carboxylic acids is 3. The fraction of sp³-hybridized carbons (Fsp3) is 0.884. The predicted molar refractivity (Wildman–Crippen MR) is 213 cm³/mol. The molecule has 4 aliphatic carbocycles. The van der Waals surface area contributed by atoms with Crippen molar-refractivity contribution in [3.8, 4) is 0 Å². The molecule has 0 spiro atoms. The van der Waals surface area contributed by atoms with E-state index in [0.717, 1.165) is 61.7 Å². The Morgan fingerprint density at radius 1 is 0.981 bits per heavy atom. The van der Waals surface area contributed by atoms with E-state index >= 15 is 0 Å². The van der Waals surface area contributed by atoms with Gasteiger partial charge in [-0.15, -0.1) is 0 Å². The standard InChI is InChI=1S/C41H73N5O4.C2H6/c1-28(2)12-8-9-13-30-16-18-33-32-17-15-31-26-29(19-23-41(31,6)34(32)20-24-40(30,33)5)38(49)46-45-27-50-39(3,4)22-21-36(47)44-25-11-10-14-35(43-7)37(42)48;1-2/h15,28-30,32-35,43,45H,8-14,16-27H2,1-7H3,(H2,42,48)(H,44,47)(H,46,49);1-2H3. The Bertz CT molecular complexity index is 1170. The van der Waals surface area contributed by atoms with Gasteiger partial charge in [-0.25, -0.2) is 5.43 Å². The molecule has 0 aromatic rings. The van der Waals surface area contributed by atoms with Crippen LogP contribution in [0, 0.1) is 46.3 Å². The third kappa shape index (κ3) is 11.8. The van der Waals surface area contributed by atoms with Gasteiger partial charge in [-0.05, 0) is 145 Å². The van der Waals surface area contributed by atoms with Gasteiger partial charge in [0.1, 0.15) is 6.73 Å². The summed E-state index contributed by atoms with van der Waals surface area (Å²) in [6.07, 6.45) is 21.1. The van der Waals surface area contributed by atoms with E-state index < -0.39 is 5.60 Å². The molecule has 0 heterocycles. The van der Waals surface area contributed by atoms with Crippen LogP contribution in [0.25, 0.3) is 0 Å². The summed E-state index contributed by atoms with van der Waals surface area (Å²) >= 11 is 0. The molecular formula is C43H79N5O4. The highest BCUT2D eigenvalue weighted by Crippen LogP contribution is 2.67. The van der Waals surface area contributed by atoms with Crippen molar-refractivity contribution in [3.63, 3.8) is 0 Å². The molecule has 0 aromatic carbocycles. The number of hydrogen-bond donors (Lipinski definition) is 5. The summed E-state index contributed by atoms with van der Waals surface area (Å²) in [5, 5.41) is 5.86. The van der Waals surface area contributed by atoms with E-state index in [1.807, 2.05) is 27.7 Å². The summed E-state index contributed by atoms with van der Waals surface area (Å²) in [6.45, 7) is 18.6. The van der Waals surface area contributed by atoms with Crippen LogP contribution >= 0.6 is 0 Å². The highest BCUT2D eigenvalue weighted by molar-refractivity contribution is 5.80. The lowest BCUT2D eigenvalue weighted by molar-refractivity contribution is -0.129. The monoisotopic (exact) mass is 730 g/mol. The summed E-state index contributed by atoms with van der Waals surface area (Å²) in [6, 6.07) is -0.328. The van der Waals surface area contributed by atoms with E-state index in [9.17, 15) is 14.4 Å². The minimum atomic E-state index is -0.518. The number of nitrogens with one attached hydrogen (secondary N) is 4. The molecule has 4 rings (SSSR count). The van der Waals surface area contributed by atoms with Crippen LogP contribution in [0.2, 0.25) is 0 Å². The number of nitrogens with two attached hydrogens (primary N) is 1. The predicted octanol–water partition coefficient (Wildman–Crippen LogP) is 7.94. The number of unbranched alkanes of at least 4 members (excludes halogenated alkanes) is 2. The first-order valence-electron chi connectivity index (χ1n) is 21.3. The zero-order valence-corrected chi connectivity index (χ0v) is 34.8.